The third-order valence-corrected chi connectivity index (χ3v) is 5.28. The number of alkyl halides is 3. The number of aromatic nitrogens is 3. The van der Waals surface area contributed by atoms with Crippen molar-refractivity contribution in [2.45, 2.75) is 16.1 Å². The van der Waals surface area contributed by atoms with Gasteiger partial charge in [0, 0.05) is 29.6 Å². The largest absolute Gasteiger partial charge is 0.453 e. The molecule has 4 aromatic rings. The number of rotatable bonds is 6. The van der Waals surface area contributed by atoms with E-state index in [2.05, 4.69) is 20.3 Å². The number of halogens is 4. The quantitative estimate of drug-likeness (QED) is 0.310. The van der Waals surface area contributed by atoms with Gasteiger partial charge in [-0.05, 0) is 48.5 Å². The molecule has 0 saturated heterocycles. The molecule has 0 atom stereocenters. The molecule has 4 rings (SSSR count). The van der Waals surface area contributed by atoms with Crippen LogP contribution in [0.25, 0.3) is 0 Å². The molecule has 0 unspecified atom stereocenters. The van der Waals surface area contributed by atoms with Crippen LogP contribution in [0, 0.1) is 17.1 Å². The lowest BCUT2D eigenvalue weighted by Crippen LogP contribution is -2.07. The minimum Gasteiger partial charge on any atom is -0.453 e. The van der Waals surface area contributed by atoms with Crippen LogP contribution < -0.4 is 10.1 Å². The van der Waals surface area contributed by atoms with Gasteiger partial charge in [-0.3, -0.25) is 0 Å². The number of nitriles is 1. The van der Waals surface area contributed by atoms with Crippen molar-refractivity contribution in [3.8, 4) is 17.6 Å². The number of hydrogen-bond donors (Lipinski definition) is 1. The minimum absolute atomic E-state index is 0.159. The maximum absolute atomic E-state index is 13.3. The molecule has 3 aromatic heterocycles. The predicted octanol–water partition coefficient (Wildman–Crippen LogP) is 6.59. The molecule has 0 amide bonds. The lowest BCUT2D eigenvalue weighted by Gasteiger charge is -2.14. The number of nitrogens with zero attached hydrogens (tertiary/aromatic N) is 4. The van der Waals surface area contributed by atoms with E-state index in [-0.39, 0.29) is 22.3 Å². The van der Waals surface area contributed by atoms with Crippen LogP contribution in [0.1, 0.15) is 11.1 Å². The zero-order chi connectivity index (χ0) is 24.1. The van der Waals surface area contributed by atoms with Gasteiger partial charge in [0.25, 0.3) is 0 Å². The fraction of sp³-hybridized carbons (Fsp3) is 0.0435. The molecule has 34 heavy (non-hydrogen) atoms. The SMILES string of the molecule is N#Cc1ccc(Nc2ncc(Sc3ncccc3C(F)(F)F)cc2Oc2ccc(F)cc2)nc1. The molecule has 1 aromatic carbocycles. The van der Waals surface area contributed by atoms with Crippen LogP contribution in [-0.4, -0.2) is 15.0 Å². The highest BCUT2D eigenvalue weighted by molar-refractivity contribution is 7.99. The van der Waals surface area contributed by atoms with Crippen molar-refractivity contribution in [3.05, 3.63) is 90.1 Å². The first kappa shape index (κ1) is 23.0. The minimum atomic E-state index is -4.57. The molecule has 170 valence electrons. The van der Waals surface area contributed by atoms with Gasteiger partial charge in [0.2, 0.25) is 0 Å². The van der Waals surface area contributed by atoms with Crippen LogP contribution in [0.2, 0.25) is 0 Å². The van der Waals surface area contributed by atoms with E-state index in [0.717, 1.165) is 17.8 Å². The van der Waals surface area contributed by atoms with Crippen LogP contribution in [0.4, 0.5) is 29.2 Å². The van der Waals surface area contributed by atoms with E-state index in [4.69, 9.17) is 10.00 Å². The maximum Gasteiger partial charge on any atom is 0.419 e. The van der Waals surface area contributed by atoms with Crippen molar-refractivity contribution >= 4 is 23.4 Å². The highest BCUT2D eigenvalue weighted by Gasteiger charge is 2.34. The summed E-state index contributed by atoms with van der Waals surface area (Å²) in [6, 6.07) is 14.0. The van der Waals surface area contributed by atoms with Crippen molar-refractivity contribution < 1.29 is 22.3 Å². The van der Waals surface area contributed by atoms with Crippen LogP contribution in [0.5, 0.6) is 11.5 Å². The number of benzene rings is 1. The maximum atomic E-state index is 13.3. The Morgan fingerprint density at radius 1 is 0.971 bits per heavy atom. The molecule has 0 aliphatic carbocycles. The summed E-state index contributed by atoms with van der Waals surface area (Å²) >= 11 is 0.775. The number of ether oxygens (including phenoxy) is 1. The summed E-state index contributed by atoms with van der Waals surface area (Å²) in [5.74, 6) is 0.565. The average Bonchev–Trinajstić information content (AvgIpc) is 2.82. The van der Waals surface area contributed by atoms with Crippen molar-refractivity contribution in [2.24, 2.45) is 0 Å². The Kier molecular flexibility index (Phi) is 6.60. The van der Waals surface area contributed by atoms with Crippen molar-refractivity contribution in [2.75, 3.05) is 5.32 Å². The third kappa shape index (κ3) is 5.60. The van der Waals surface area contributed by atoms with Gasteiger partial charge in [0.15, 0.2) is 11.6 Å². The Morgan fingerprint density at radius 2 is 1.76 bits per heavy atom. The summed E-state index contributed by atoms with van der Waals surface area (Å²) in [7, 11) is 0. The van der Waals surface area contributed by atoms with E-state index in [1.54, 1.807) is 12.1 Å². The molecule has 0 radical (unpaired) electrons. The van der Waals surface area contributed by atoms with Gasteiger partial charge < -0.3 is 10.1 Å². The summed E-state index contributed by atoms with van der Waals surface area (Å²) in [5.41, 5.74) is -0.506. The first-order chi connectivity index (χ1) is 16.3. The molecule has 1 N–H and O–H groups in total. The van der Waals surface area contributed by atoms with Gasteiger partial charge >= 0.3 is 6.18 Å². The third-order valence-electron chi connectivity index (χ3n) is 4.30. The van der Waals surface area contributed by atoms with Crippen molar-refractivity contribution in [1.82, 2.24) is 15.0 Å². The summed E-state index contributed by atoms with van der Waals surface area (Å²) in [6.07, 6.45) is -0.566. The van der Waals surface area contributed by atoms with E-state index < -0.39 is 17.6 Å². The zero-order valence-corrected chi connectivity index (χ0v) is 17.9. The van der Waals surface area contributed by atoms with E-state index in [9.17, 15) is 17.6 Å². The molecule has 0 aliphatic heterocycles. The number of nitrogens with one attached hydrogen (secondary N) is 1. The smallest absolute Gasteiger partial charge is 0.419 e. The Hall–Kier alpha value is -4.17. The Morgan fingerprint density at radius 3 is 2.44 bits per heavy atom. The molecule has 0 bridgehead atoms. The van der Waals surface area contributed by atoms with Crippen LogP contribution in [-0.2, 0) is 6.18 Å². The fourth-order valence-electron chi connectivity index (χ4n) is 2.74. The van der Waals surface area contributed by atoms with E-state index in [1.165, 1.54) is 55.0 Å². The first-order valence-electron chi connectivity index (χ1n) is 9.58. The topological polar surface area (TPSA) is 83.7 Å². The van der Waals surface area contributed by atoms with Gasteiger partial charge in [-0.1, -0.05) is 11.8 Å². The van der Waals surface area contributed by atoms with Gasteiger partial charge in [0.05, 0.1) is 11.1 Å². The molecule has 3 heterocycles. The summed E-state index contributed by atoms with van der Waals surface area (Å²) in [6.45, 7) is 0. The van der Waals surface area contributed by atoms with Crippen LogP contribution >= 0.6 is 11.8 Å². The molecule has 0 aliphatic rings. The van der Waals surface area contributed by atoms with Gasteiger partial charge in [-0.15, -0.1) is 0 Å². The Labute approximate surface area is 195 Å². The molecule has 0 fully saturated rings. The number of anilines is 2. The fourth-order valence-corrected chi connectivity index (χ4v) is 3.64. The molecule has 6 nitrogen and oxygen atoms in total. The van der Waals surface area contributed by atoms with Crippen molar-refractivity contribution in [3.63, 3.8) is 0 Å². The standard InChI is InChI=1S/C23H13F4N5OS/c24-15-4-6-16(7-5-15)33-19-10-17(34-22-18(23(25,26)27)2-1-9-29-22)13-31-21(19)32-20-8-3-14(11-28)12-30-20/h1-10,12-13H,(H,30,31,32). The second-order valence-electron chi connectivity index (χ2n) is 6.70. The predicted molar refractivity (Wildman–Crippen MR) is 116 cm³/mol. The lowest BCUT2D eigenvalue weighted by atomic mass is 10.3. The van der Waals surface area contributed by atoms with Gasteiger partial charge in [-0.2, -0.15) is 18.4 Å². The first-order valence-corrected chi connectivity index (χ1v) is 10.4. The van der Waals surface area contributed by atoms with Gasteiger partial charge in [0.1, 0.15) is 28.5 Å². The Bertz CT molecular complexity index is 1340. The second-order valence-corrected chi connectivity index (χ2v) is 7.76. The monoisotopic (exact) mass is 483 g/mol. The van der Waals surface area contributed by atoms with Gasteiger partial charge in [-0.25, -0.2) is 19.3 Å². The average molecular weight is 483 g/mol. The molecule has 0 spiro atoms. The summed E-state index contributed by atoms with van der Waals surface area (Å²) < 4.78 is 59.2. The van der Waals surface area contributed by atoms with Crippen molar-refractivity contribution in [1.29, 1.82) is 5.26 Å². The Balaban J connectivity index is 1.68. The molecular weight excluding hydrogens is 470 g/mol. The van der Waals surface area contributed by atoms with E-state index in [1.807, 2.05) is 6.07 Å². The van der Waals surface area contributed by atoms with E-state index in [0.29, 0.717) is 16.3 Å². The van der Waals surface area contributed by atoms with E-state index >= 15 is 0 Å². The van der Waals surface area contributed by atoms with Crippen LogP contribution in [0.15, 0.2) is 83.1 Å². The second kappa shape index (κ2) is 9.76. The molecule has 11 heteroatoms. The normalized spacial score (nSPS) is 11.0. The highest BCUT2D eigenvalue weighted by atomic mass is 32.2. The molecular formula is C23H13F4N5OS. The summed E-state index contributed by atoms with van der Waals surface area (Å²) in [4.78, 5) is 12.6. The summed E-state index contributed by atoms with van der Waals surface area (Å²) in [5, 5.41) is 11.6. The van der Waals surface area contributed by atoms with Crippen LogP contribution in [0.3, 0.4) is 0 Å². The number of hydrogen-bond acceptors (Lipinski definition) is 7. The molecule has 0 saturated carbocycles. The zero-order valence-electron chi connectivity index (χ0n) is 17.0. The lowest BCUT2D eigenvalue weighted by molar-refractivity contribution is -0.140. The number of pyridine rings is 3. The highest BCUT2D eigenvalue weighted by Crippen LogP contribution is 2.40.